The fourth-order valence-electron chi connectivity index (χ4n) is 1.89. The molecular weight excluding hydrogens is 393 g/mol. The predicted molar refractivity (Wildman–Crippen MR) is 84.7 cm³/mol. The van der Waals surface area contributed by atoms with E-state index in [4.69, 9.17) is 21.1 Å². The molecule has 0 atom stereocenters. The molecule has 102 valence electrons. The van der Waals surface area contributed by atoms with Crippen molar-refractivity contribution >= 4 is 45.8 Å². The van der Waals surface area contributed by atoms with Crippen LogP contribution in [0.15, 0.2) is 36.4 Å². The smallest absolute Gasteiger partial charge is 0.259 e. The summed E-state index contributed by atoms with van der Waals surface area (Å²) in [5.41, 5.74) is 0.989. The van der Waals surface area contributed by atoms with Gasteiger partial charge < -0.3 is 14.8 Å². The summed E-state index contributed by atoms with van der Waals surface area (Å²) in [7, 11) is 0. The van der Waals surface area contributed by atoms with Gasteiger partial charge in [-0.05, 0) is 52.9 Å². The zero-order valence-corrected chi connectivity index (χ0v) is 13.1. The molecule has 0 fully saturated rings. The van der Waals surface area contributed by atoms with E-state index in [0.717, 1.165) is 3.57 Å². The standard InChI is InChI=1S/C14H9ClINO3/c15-10-6-8(16)4-5-11(10)17-14(18)9-2-1-3-12-13(9)20-7-19-12/h1-6H,7H2,(H,17,18). The quantitative estimate of drug-likeness (QED) is 0.776. The van der Waals surface area contributed by atoms with Gasteiger partial charge in [-0.1, -0.05) is 17.7 Å². The summed E-state index contributed by atoms with van der Waals surface area (Å²) in [4.78, 5) is 12.3. The summed E-state index contributed by atoms with van der Waals surface area (Å²) in [6, 6.07) is 10.6. The van der Waals surface area contributed by atoms with Crippen LogP contribution in [0.1, 0.15) is 10.4 Å². The summed E-state index contributed by atoms with van der Waals surface area (Å²) in [5.74, 6) is 0.758. The predicted octanol–water partition coefficient (Wildman–Crippen LogP) is 3.93. The first-order valence-corrected chi connectivity index (χ1v) is 7.26. The molecule has 0 radical (unpaired) electrons. The van der Waals surface area contributed by atoms with Gasteiger partial charge in [0.2, 0.25) is 6.79 Å². The van der Waals surface area contributed by atoms with Crippen LogP contribution in [0.25, 0.3) is 0 Å². The molecule has 1 aliphatic rings. The van der Waals surface area contributed by atoms with E-state index in [1.165, 1.54) is 0 Å². The molecule has 6 heteroatoms. The number of nitrogens with one attached hydrogen (secondary N) is 1. The lowest BCUT2D eigenvalue weighted by Crippen LogP contribution is -2.13. The van der Waals surface area contributed by atoms with E-state index >= 15 is 0 Å². The summed E-state index contributed by atoms with van der Waals surface area (Å²) in [6.07, 6.45) is 0. The third kappa shape index (κ3) is 2.55. The second-order valence-corrected chi connectivity index (χ2v) is 5.77. The lowest BCUT2D eigenvalue weighted by Gasteiger charge is -2.09. The summed E-state index contributed by atoms with van der Waals surface area (Å²) < 4.78 is 11.6. The van der Waals surface area contributed by atoms with E-state index in [-0.39, 0.29) is 12.7 Å². The number of halogens is 2. The summed E-state index contributed by atoms with van der Waals surface area (Å²) >= 11 is 8.26. The minimum Gasteiger partial charge on any atom is -0.454 e. The third-order valence-electron chi connectivity index (χ3n) is 2.82. The highest BCUT2D eigenvalue weighted by atomic mass is 127. The van der Waals surface area contributed by atoms with Crippen molar-refractivity contribution in [3.63, 3.8) is 0 Å². The lowest BCUT2D eigenvalue weighted by atomic mass is 10.1. The first kappa shape index (κ1) is 13.5. The third-order valence-corrected chi connectivity index (χ3v) is 3.80. The Labute approximate surface area is 134 Å². The van der Waals surface area contributed by atoms with E-state index in [0.29, 0.717) is 27.8 Å². The number of benzene rings is 2. The minimum atomic E-state index is -0.282. The molecule has 0 aliphatic carbocycles. The van der Waals surface area contributed by atoms with Gasteiger partial charge >= 0.3 is 0 Å². The van der Waals surface area contributed by atoms with Gasteiger partial charge in [-0.2, -0.15) is 0 Å². The van der Waals surface area contributed by atoms with Crippen LogP contribution in [0.3, 0.4) is 0 Å². The van der Waals surface area contributed by atoms with E-state index in [1.54, 1.807) is 30.3 Å². The first-order valence-electron chi connectivity index (χ1n) is 5.80. The Hall–Kier alpha value is -1.47. The Morgan fingerprint density at radius 1 is 1.25 bits per heavy atom. The number of carbonyl (C=O) groups is 1. The van der Waals surface area contributed by atoms with Crippen LogP contribution < -0.4 is 14.8 Å². The molecule has 2 aromatic carbocycles. The van der Waals surface area contributed by atoms with E-state index in [9.17, 15) is 4.79 Å². The molecular formula is C14H9ClINO3. The highest BCUT2D eigenvalue weighted by Crippen LogP contribution is 2.36. The molecule has 1 aliphatic heterocycles. The molecule has 0 bridgehead atoms. The van der Waals surface area contributed by atoms with Gasteiger partial charge in [0.05, 0.1) is 16.3 Å². The average molecular weight is 402 g/mol. The van der Waals surface area contributed by atoms with Crippen molar-refractivity contribution in [1.29, 1.82) is 0 Å². The zero-order valence-electron chi connectivity index (χ0n) is 10.2. The molecule has 20 heavy (non-hydrogen) atoms. The van der Waals surface area contributed by atoms with Crippen molar-refractivity contribution in [2.24, 2.45) is 0 Å². The highest BCUT2D eigenvalue weighted by Gasteiger charge is 2.22. The number of hydrogen-bond acceptors (Lipinski definition) is 3. The fourth-order valence-corrected chi connectivity index (χ4v) is 2.79. The van der Waals surface area contributed by atoms with Gasteiger partial charge in [0.1, 0.15) is 0 Å². The molecule has 0 saturated heterocycles. The maximum atomic E-state index is 12.3. The molecule has 1 amide bonds. The molecule has 3 rings (SSSR count). The molecule has 4 nitrogen and oxygen atoms in total. The van der Waals surface area contributed by atoms with Crippen LogP contribution in [0, 0.1) is 3.57 Å². The van der Waals surface area contributed by atoms with Gasteiger partial charge in [0, 0.05) is 3.57 Å². The van der Waals surface area contributed by atoms with Crippen molar-refractivity contribution in [3.8, 4) is 11.5 Å². The molecule has 1 heterocycles. The highest BCUT2D eigenvalue weighted by molar-refractivity contribution is 14.1. The number of rotatable bonds is 2. The Balaban J connectivity index is 1.89. The van der Waals surface area contributed by atoms with E-state index in [2.05, 4.69) is 27.9 Å². The number of ether oxygens (including phenoxy) is 2. The minimum absolute atomic E-state index is 0.129. The number of carbonyl (C=O) groups excluding carboxylic acids is 1. The Morgan fingerprint density at radius 2 is 2.10 bits per heavy atom. The largest absolute Gasteiger partial charge is 0.454 e. The summed E-state index contributed by atoms with van der Waals surface area (Å²) in [6.45, 7) is 0.129. The van der Waals surface area contributed by atoms with E-state index < -0.39 is 0 Å². The maximum absolute atomic E-state index is 12.3. The molecule has 0 saturated carbocycles. The maximum Gasteiger partial charge on any atom is 0.259 e. The van der Waals surface area contributed by atoms with Crippen LogP contribution >= 0.6 is 34.2 Å². The zero-order chi connectivity index (χ0) is 14.1. The van der Waals surface area contributed by atoms with Crippen LogP contribution in [0.5, 0.6) is 11.5 Å². The number of para-hydroxylation sites is 1. The molecule has 0 spiro atoms. The van der Waals surface area contributed by atoms with Crippen molar-refractivity contribution in [3.05, 3.63) is 50.6 Å². The molecule has 1 N–H and O–H groups in total. The second-order valence-electron chi connectivity index (χ2n) is 4.12. The van der Waals surface area contributed by atoms with Crippen LogP contribution in [0.2, 0.25) is 5.02 Å². The van der Waals surface area contributed by atoms with Gasteiger partial charge in [-0.3, -0.25) is 4.79 Å². The number of anilines is 1. The molecule has 2 aromatic rings. The number of fused-ring (bicyclic) bond motifs is 1. The Morgan fingerprint density at radius 3 is 2.90 bits per heavy atom. The van der Waals surface area contributed by atoms with Crippen LogP contribution in [-0.4, -0.2) is 12.7 Å². The molecule has 0 unspecified atom stereocenters. The summed E-state index contributed by atoms with van der Waals surface area (Å²) in [5, 5.41) is 3.27. The number of hydrogen-bond donors (Lipinski definition) is 1. The first-order chi connectivity index (χ1) is 9.65. The van der Waals surface area contributed by atoms with Crippen molar-refractivity contribution < 1.29 is 14.3 Å². The Kier molecular flexibility index (Phi) is 3.71. The monoisotopic (exact) mass is 401 g/mol. The van der Waals surface area contributed by atoms with Crippen LogP contribution in [-0.2, 0) is 0 Å². The van der Waals surface area contributed by atoms with Crippen molar-refractivity contribution in [2.75, 3.05) is 12.1 Å². The van der Waals surface area contributed by atoms with Gasteiger partial charge in [-0.15, -0.1) is 0 Å². The van der Waals surface area contributed by atoms with Gasteiger partial charge in [0.25, 0.3) is 5.91 Å². The lowest BCUT2D eigenvalue weighted by molar-refractivity contribution is 0.102. The van der Waals surface area contributed by atoms with Gasteiger partial charge in [0.15, 0.2) is 11.5 Å². The number of amides is 1. The second kappa shape index (κ2) is 5.49. The van der Waals surface area contributed by atoms with Crippen molar-refractivity contribution in [2.45, 2.75) is 0 Å². The average Bonchev–Trinajstić information content (AvgIpc) is 2.90. The van der Waals surface area contributed by atoms with E-state index in [1.807, 2.05) is 6.07 Å². The van der Waals surface area contributed by atoms with Crippen LogP contribution in [0.4, 0.5) is 5.69 Å². The normalized spacial score (nSPS) is 12.3. The SMILES string of the molecule is O=C(Nc1ccc(I)cc1Cl)c1cccc2c1OCO2. The Bertz CT molecular complexity index is 690. The fraction of sp³-hybridized carbons (Fsp3) is 0.0714. The van der Waals surface area contributed by atoms with Gasteiger partial charge in [-0.25, -0.2) is 0 Å². The topological polar surface area (TPSA) is 47.6 Å². The van der Waals surface area contributed by atoms with Crippen molar-refractivity contribution in [1.82, 2.24) is 0 Å². The molecule has 0 aromatic heterocycles.